The van der Waals surface area contributed by atoms with Crippen LogP contribution in [0.25, 0.3) is 0 Å². The Labute approximate surface area is 129 Å². The highest BCUT2D eigenvalue weighted by Gasteiger charge is 2.34. The Hall–Kier alpha value is 0.0800. The molecule has 0 bridgehead atoms. The number of nitrogens with one attached hydrogen (secondary N) is 1. The summed E-state index contributed by atoms with van der Waals surface area (Å²) in [5.41, 5.74) is 0. The molecule has 0 aromatic carbocycles. The molecule has 2 saturated heterocycles. The van der Waals surface area contributed by atoms with Crippen molar-refractivity contribution in [2.45, 2.75) is 23.5 Å². The normalized spacial score (nSPS) is 25.6. The Morgan fingerprint density at radius 2 is 2.10 bits per heavy atom. The summed E-state index contributed by atoms with van der Waals surface area (Å²) in [6.07, 6.45) is 3.40. The Kier molecular flexibility index (Phi) is 6.07. The highest BCUT2D eigenvalue weighted by atomic mass is 32.2. The summed E-state index contributed by atoms with van der Waals surface area (Å²) in [4.78, 5) is 13.9. The molecular weight excluding hydrogens is 316 g/mol. The van der Waals surface area contributed by atoms with E-state index in [0.29, 0.717) is 23.3 Å². The first-order chi connectivity index (χ1) is 9.48. The van der Waals surface area contributed by atoms with E-state index >= 15 is 0 Å². The van der Waals surface area contributed by atoms with Crippen molar-refractivity contribution < 1.29 is 13.2 Å². The number of nitrogens with zero attached hydrogens (tertiary/aromatic N) is 1. The first-order valence-electron chi connectivity index (χ1n) is 6.87. The van der Waals surface area contributed by atoms with E-state index in [4.69, 9.17) is 0 Å². The van der Waals surface area contributed by atoms with Crippen LogP contribution in [0.4, 0.5) is 0 Å². The van der Waals surface area contributed by atoms with Gasteiger partial charge in [0, 0.05) is 29.6 Å². The van der Waals surface area contributed by atoms with E-state index < -0.39 is 15.2 Å². The first kappa shape index (κ1) is 16.5. The SMILES string of the molecule is CS(=O)(=O)C1CSCCN1C(=O)CSC1CCNCC1. The van der Waals surface area contributed by atoms with Crippen LogP contribution in [0.3, 0.4) is 0 Å². The second-order valence-electron chi connectivity index (χ2n) is 5.21. The third kappa shape index (κ3) is 4.54. The zero-order valence-electron chi connectivity index (χ0n) is 11.7. The summed E-state index contributed by atoms with van der Waals surface area (Å²) >= 11 is 3.29. The van der Waals surface area contributed by atoms with Gasteiger partial charge in [-0.15, -0.1) is 11.8 Å². The summed E-state index contributed by atoms with van der Waals surface area (Å²) < 4.78 is 23.6. The zero-order chi connectivity index (χ0) is 14.6. The lowest BCUT2D eigenvalue weighted by Crippen LogP contribution is -2.50. The van der Waals surface area contributed by atoms with Crippen LogP contribution < -0.4 is 5.32 Å². The molecule has 1 unspecified atom stereocenters. The van der Waals surface area contributed by atoms with Gasteiger partial charge in [-0.2, -0.15) is 11.8 Å². The van der Waals surface area contributed by atoms with Gasteiger partial charge in [-0.25, -0.2) is 8.42 Å². The van der Waals surface area contributed by atoms with Gasteiger partial charge in [0.1, 0.15) is 5.37 Å². The third-order valence-corrected chi connectivity index (χ3v) is 7.63. The highest BCUT2D eigenvalue weighted by molar-refractivity contribution is 8.01. The van der Waals surface area contributed by atoms with Gasteiger partial charge in [-0.3, -0.25) is 4.79 Å². The molecule has 2 fully saturated rings. The number of rotatable bonds is 4. The van der Waals surface area contributed by atoms with Crippen molar-refractivity contribution in [1.82, 2.24) is 10.2 Å². The minimum Gasteiger partial charge on any atom is -0.323 e. The fourth-order valence-electron chi connectivity index (χ4n) is 2.46. The summed E-state index contributed by atoms with van der Waals surface area (Å²) in [7, 11) is -3.20. The molecule has 2 rings (SSSR count). The molecule has 0 spiro atoms. The maximum atomic E-state index is 12.3. The van der Waals surface area contributed by atoms with Crippen LogP contribution in [0.5, 0.6) is 0 Å². The van der Waals surface area contributed by atoms with Gasteiger partial charge >= 0.3 is 0 Å². The Morgan fingerprint density at radius 1 is 1.40 bits per heavy atom. The van der Waals surface area contributed by atoms with Crippen molar-refractivity contribution in [3.05, 3.63) is 0 Å². The molecule has 20 heavy (non-hydrogen) atoms. The smallest absolute Gasteiger partial charge is 0.233 e. The highest BCUT2D eigenvalue weighted by Crippen LogP contribution is 2.24. The second-order valence-corrected chi connectivity index (χ2v) is 9.85. The lowest BCUT2D eigenvalue weighted by Gasteiger charge is -2.34. The number of hydrogen-bond acceptors (Lipinski definition) is 6. The number of thioether (sulfide) groups is 2. The van der Waals surface area contributed by atoms with E-state index in [0.717, 1.165) is 31.7 Å². The monoisotopic (exact) mass is 338 g/mol. The van der Waals surface area contributed by atoms with E-state index in [1.54, 1.807) is 28.4 Å². The third-order valence-electron chi connectivity index (χ3n) is 3.63. The summed E-state index contributed by atoms with van der Waals surface area (Å²) in [5, 5.41) is 3.19. The fraction of sp³-hybridized carbons (Fsp3) is 0.917. The number of hydrogen-bond donors (Lipinski definition) is 1. The molecule has 8 heteroatoms. The van der Waals surface area contributed by atoms with Gasteiger partial charge in [-0.05, 0) is 25.9 Å². The van der Waals surface area contributed by atoms with Gasteiger partial charge < -0.3 is 10.2 Å². The van der Waals surface area contributed by atoms with Crippen LogP contribution in [0.15, 0.2) is 0 Å². The molecule has 2 aliphatic heterocycles. The van der Waals surface area contributed by atoms with Crippen LogP contribution >= 0.6 is 23.5 Å². The lowest BCUT2D eigenvalue weighted by molar-refractivity contribution is -0.128. The molecule has 0 saturated carbocycles. The van der Waals surface area contributed by atoms with Crippen molar-refractivity contribution in [3.8, 4) is 0 Å². The average molecular weight is 339 g/mol. The van der Waals surface area contributed by atoms with E-state index in [1.165, 1.54) is 6.26 Å². The molecular formula is C12H22N2O3S3. The topological polar surface area (TPSA) is 66.5 Å². The van der Waals surface area contributed by atoms with Crippen LogP contribution in [0, 0.1) is 0 Å². The van der Waals surface area contributed by atoms with Crippen LogP contribution in [-0.2, 0) is 14.6 Å². The molecule has 1 amide bonds. The number of amides is 1. The van der Waals surface area contributed by atoms with Crippen molar-refractivity contribution in [2.75, 3.05) is 43.1 Å². The number of carbonyl (C=O) groups is 1. The zero-order valence-corrected chi connectivity index (χ0v) is 14.2. The largest absolute Gasteiger partial charge is 0.323 e. The fourth-order valence-corrected chi connectivity index (χ4v) is 6.41. The van der Waals surface area contributed by atoms with Crippen molar-refractivity contribution in [2.24, 2.45) is 0 Å². The molecule has 0 aliphatic carbocycles. The van der Waals surface area contributed by atoms with Gasteiger partial charge in [0.15, 0.2) is 9.84 Å². The van der Waals surface area contributed by atoms with Gasteiger partial charge in [0.05, 0.1) is 5.75 Å². The van der Waals surface area contributed by atoms with E-state index in [9.17, 15) is 13.2 Å². The van der Waals surface area contributed by atoms with E-state index in [-0.39, 0.29) is 5.91 Å². The molecule has 1 atom stereocenters. The van der Waals surface area contributed by atoms with Crippen LogP contribution in [0.1, 0.15) is 12.8 Å². The summed E-state index contributed by atoms with van der Waals surface area (Å²) in [6.45, 7) is 2.57. The maximum Gasteiger partial charge on any atom is 0.233 e. The summed E-state index contributed by atoms with van der Waals surface area (Å²) in [5.74, 6) is 1.71. The molecule has 1 N–H and O–H groups in total. The Morgan fingerprint density at radius 3 is 2.75 bits per heavy atom. The Bertz CT molecular complexity index is 435. The average Bonchev–Trinajstić information content (AvgIpc) is 2.45. The van der Waals surface area contributed by atoms with Gasteiger partial charge in [0.25, 0.3) is 0 Å². The van der Waals surface area contributed by atoms with Crippen molar-refractivity contribution >= 4 is 39.3 Å². The van der Waals surface area contributed by atoms with Crippen LogP contribution in [0.2, 0.25) is 0 Å². The molecule has 116 valence electrons. The molecule has 2 aliphatic rings. The van der Waals surface area contributed by atoms with E-state index in [1.807, 2.05) is 0 Å². The minimum atomic E-state index is -3.20. The van der Waals surface area contributed by atoms with Gasteiger partial charge in [-0.1, -0.05) is 0 Å². The number of carbonyl (C=O) groups excluding carboxylic acids is 1. The predicted octanol–water partition coefficient (Wildman–Crippen LogP) is 0.418. The van der Waals surface area contributed by atoms with Crippen molar-refractivity contribution in [1.29, 1.82) is 0 Å². The second kappa shape index (κ2) is 7.38. The molecule has 0 radical (unpaired) electrons. The van der Waals surface area contributed by atoms with Crippen molar-refractivity contribution in [3.63, 3.8) is 0 Å². The number of sulfone groups is 1. The lowest BCUT2D eigenvalue weighted by atomic mass is 10.2. The Balaban J connectivity index is 1.89. The predicted molar refractivity (Wildman–Crippen MR) is 86.0 cm³/mol. The maximum absolute atomic E-state index is 12.3. The molecule has 0 aromatic rings. The van der Waals surface area contributed by atoms with E-state index in [2.05, 4.69) is 5.32 Å². The molecule has 2 heterocycles. The molecule has 5 nitrogen and oxygen atoms in total. The van der Waals surface area contributed by atoms with Gasteiger partial charge in [0.2, 0.25) is 5.91 Å². The quantitative estimate of drug-likeness (QED) is 0.801. The first-order valence-corrected chi connectivity index (χ1v) is 11.0. The molecule has 0 aromatic heterocycles. The minimum absolute atomic E-state index is 0.0238. The number of piperidine rings is 1. The summed E-state index contributed by atoms with van der Waals surface area (Å²) in [6, 6.07) is 0. The van der Waals surface area contributed by atoms with Crippen LogP contribution in [-0.4, -0.2) is 73.0 Å². The standard InChI is InChI=1S/C12H22N2O3S3/c1-20(16,17)12-9-18-7-6-14(12)11(15)8-19-10-2-4-13-5-3-10/h10,12-13H,2-9H2,1H3.